The highest BCUT2D eigenvalue weighted by molar-refractivity contribution is 5.99. The maximum atomic E-state index is 14.7. The van der Waals surface area contributed by atoms with E-state index in [1.807, 2.05) is 20.8 Å². The first-order valence-electron chi connectivity index (χ1n) is 11.6. The molecule has 11 heteroatoms. The lowest BCUT2D eigenvalue weighted by molar-refractivity contribution is 0.262. The number of pyridine rings is 1. The lowest BCUT2D eigenvalue weighted by Crippen LogP contribution is -2.23. The van der Waals surface area contributed by atoms with Gasteiger partial charge in [-0.15, -0.1) is 0 Å². The van der Waals surface area contributed by atoms with Crippen molar-refractivity contribution in [3.05, 3.63) is 58.4 Å². The molecule has 0 atom stereocenters. The van der Waals surface area contributed by atoms with Crippen LogP contribution in [0.2, 0.25) is 0 Å². The van der Waals surface area contributed by atoms with Gasteiger partial charge in [0, 0.05) is 41.7 Å². The number of benzene rings is 1. The van der Waals surface area contributed by atoms with Crippen molar-refractivity contribution >= 4 is 34.5 Å². The zero-order valence-corrected chi connectivity index (χ0v) is 20.5. The largest absolute Gasteiger partial charge is 0.368 e. The fraction of sp³-hybridized carbons (Fsp3) is 0.320. The van der Waals surface area contributed by atoms with Crippen LogP contribution in [0.1, 0.15) is 45.3 Å². The molecule has 4 N–H and O–H groups in total. The van der Waals surface area contributed by atoms with Gasteiger partial charge >= 0.3 is 6.03 Å². The zero-order chi connectivity index (χ0) is 25.8. The predicted octanol–water partition coefficient (Wildman–Crippen LogP) is 4.19. The maximum absolute atomic E-state index is 14.7. The van der Waals surface area contributed by atoms with Crippen molar-refractivity contribution in [2.45, 2.75) is 45.1 Å². The second-order valence-electron chi connectivity index (χ2n) is 10.0. The smallest absolute Gasteiger partial charge is 0.324 e. The summed E-state index contributed by atoms with van der Waals surface area (Å²) in [5.74, 6) is -0.0739. The molecule has 0 aliphatic heterocycles. The Morgan fingerprint density at radius 2 is 1.92 bits per heavy atom. The third-order valence-corrected chi connectivity index (χ3v) is 6.12. The standard InChI is InChI=1S/C25H27FN8O2/c1-25(2,3)19-11-20(33(4)32-19)30-24(36)29-18-10-13(5-8-17(18)26)16-9-14-12-28-23(27)31-21(14)34(22(16)35)15-6-7-15/h5,8-12,15H,6-7H2,1-4H3,(H2,27,28,31)(H2,29,30,36). The molecule has 186 valence electrons. The average molecular weight is 491 g/mol. The molecule has 0 spiro atoms. The van der Waals surface area contributed by atoms with E-state index in [0.29, 0.717) is 28.0 Å². The summed E-state index contributed by atoms with van der Waals surface area (Å²) in [6, 6.07) is 7.01. The van der Waals surface area contributed by atoms with Gasteiger partial charge in [-0.25, -0.2) is 14.2 Å². The maximum Gasteiger partial charge on any atom is 0.324 e. The van der Waals surface area contributed by atoms with E-state index in [0.717, 1.165) is 18.5 Å². The topological polar surface area (TPSA) is 133 Å². The van der Waals surface area contributed by atoms with Crippen LogP contribution in [0.15, 0.2) is 41.3 Å². The number of hydrogen-bond acceptors (Lipinski definition) is 6. The monoisotopic (exact) mass is 490 g/mol. The molecule has 1 saturated carbocycles. The molecule has 5 rings (SSSR count). The van der Waals surface area contributed by atoms with Gasteiger partial charge in [0.05, 0.1) is 11.4 Å². The van der Waals surface area contributed by atoms with E-state index in [-0.39, 0.29) is 28.7 Å². The molecule has 36 heavy (non-hydrogen) atoms. The van der Waals surface area contributed by atoms with Gasteiger partial charge in [-0.1, -0.05) is 26.8 Å². The van der Waals surface area contributed by atoms with Crippen LogP contribution in [0.5, 0.6) is 0 Å². The minimum absolute atomic E-state index is 0.0370. The minimum Gasteiger partial charge on any atom is -0.368 e. The first-order valence-corrected chi connectivity index (χ1v) is 11.6. The summed E-state index contributed by atoms with van der Waals surface area (Å²) in [7, 11) is 1.72. The quantitative estimate of drug-likeness (QED) is 0.393. The van der Waals surface area contributed by atoms with Crippen LogP contribution in [-0.2, 0) is 12.5 Å². The van der Waals surface area contributed by atoms with E-state index in [4.69, 9.17) is 5.73 Å². The number of rotatable bonds is 4. The van der Waals surface area contributed by atoms with Crippen molar-refractivity contribution < 1.29 is 9.18 Å². The van der Waals surface area contributed by atoms with E-state index >= 15 is 0 Å². The Labute approximate surface area is 206 Å². The van der Waals surface area contributed by atoms with Gasteiger partial charge in [0.25, 0.3) is 5.56 Å². The van der Waals surface area contributed by atoms with Crippen molar-refractivity contribution in [2.75, 3.05) is 16.4 Å². The first kappa shape index (κ1) is 23.5. The number of hydrogen-bond donors (Lipinski definition) is 3. The first-order chi connectivity index (χ1) is 17.0. The van der Waals surface area contributed by atoms with Gasteiger partial charge in [-0.05, 0) is 36.6 Å². The van der Waals surface area contributed by atoms with Crippen LogP contribution in [0.25, 0.3) is 22.2 Å². The molecule has 1 fully saturated rings. The molecule has 0 bridgehead atoms. The number of aromatic nitrogens is 5. The molecule has 1 aromatic carbocycles. The number of nitrogens with two attached hydrogens (primary N) is 1. The number of anilines is 3. The highest BCUT2D eigenvalue weighted by Gasteiger charge is 2.28. The summed E-state index contributed by atoms with van der Waals surface area (Å²) in [6.07, 6.45) is 3.29. The Bertz CT molecular complexity index is 1560. The van der Waals surface area contributed by atoms with Crippen molar-refractivity contribution in [3.8, 4) is 11.1 Å². The molecule has 0 radical (unpaired) electrons. The molecule has 1 aliphatic carbocycles. The number of urea groups is 1. The van der Waals surface area contributed by atoms with E-state index in [1.165, 1.54) is 18.2 Å². The van der Waals surface area contributed by atoms with Gasteiger partial charge in [-0.2, -0.15) is 10.1 Å². The molecule has 1 aliphatic rings. The number of nitrogens with zero attached hydrogens (tertiary/aromatic N) is 5. The molecule has 3 heterocycles. The van der Waals surface area contributed by atoms with Crippen LogP contribution in [0.3, 0.4) is 0 Å². The summed E-state index contributed by atoms with van der Waals surface area (Å²) >= 11 is 0. The van der Waals surface area contributed by atoms with Crippen LogP contribution in [0.4, 0.5) is 26.6 Å². The number of carbonyl (C=O) groups is 1. The van der Waals surface area contributed by atoms with Gasteiger partial charge in [0.1, 0.15) is 17.3 Å². The summed E-state index contributed by atoms with van der Waals surface area (Å²) in [4.78, 5) is 34.4. The van der Waals surface area contributed by atoms with E-state index in [2.05, 4.69) is 25.7 Å². The fourth-order valence-electron chi connectivity index (χ4n) is 4.02. The van der Waals surface area contributed by atoms with Crippen LogP contribution >= 0.6 is 0 Å². The van der Waals surface area contributed by atoms with Crippen LogP contribution in [-0.4, -0.2) is 30.3 Å². The average Bonchev–Trinajstić information content (AvgIpc) is 3.56. The van der Waals surface area contributed by atoms with Gasteiger partial charge in [0.15, 0.2) is 0 Å². The second kappa shape index (κ2) is 8.43. The second-order valence-corrected chi connectivity index (χ2v) is 10.0. The van der Waals surface area contributed by atoms with E-state index in [9.17, 15) is 14.0 Å². The zero-order valence-electron chi connectivity index (χ0n) is 20.5. The molecule has 4 aromatic rings. The van der Waals surface area contributed by atoms with Gasteiger partial charge in [-0.3, -0.25) is 19.4 Å². The number of amides is 2. The molecular formula is C25H27FN8O2. The Hall–Kier alpha value is -4.28. The summed E-state index contributed by atoms with van der Waals surface area (Å²) < 4.78 is 17.8. The van der Waals surface area contributed by atoms with Crippen molar-refractivity contribution in [3.63, 3.8) is 0 Å². The highest BCUT2D eigenvalue weighted by Crippen LogP contribution is 2.36. The van der Waals surface area contributed by atoms with Crippen LogP contribution < -0.4 is 21.9 Å². The highest BCUT2D eigenvalue weighted by atomic mass is 19.1. The molecular weight excluding hydrogens is 463 g/mol. The van der Waals surface area contributed by atoms with Gasteiger partial charge < -0.3 is 11.1 Å². The predicted molar refractivity (Wildman–Crippen MR) is 136 cm³/mol. The number of nitrogen functional groups attached to an aromatic ring is 1. The molecule has 0 saturated heterocycles. The number of nitrogens with one attached hydrogen (secondary N) is 2. The lowest BCUT2D eigenvalue weighted by Gasteiger charge is -2.13. The third-order valence-electron chi connectivity index (χ3n) is 6.12. The Balaban J connectivity index is 1.47. The third kappa shape index (κ3) is 4.39. The number of aryl methyl sites for hydroxylation is 1. The van der Waals surface area contributed by atoms with Gasteiger partial charge in [0.2, 0.25) is 5.95 Å². The SMILES string of the molecule is Cn1nc(C(C)(C)C)cc1NC(=O)Nc1cc(-c2cc3cnc(N)nc3n(C3CC3)c2=O)ccc1F. The number of fused-ring (bicyclic) bond motifs is 1. The number of halogens is 1. The lowest BCUT2D eigenvalue weighted by atomic mass is 9.92. The Morgan fingerprint density at radius 1 is 1.17 bits per heavy atom. The normalized spacial score (nSPS) is 13.7. The van der Waals surface area contributed by atoms with Crippen molar-refractivity contribution in [1.29, 1.82) is 0 Å². The molecule has 0 unspecified atom stereocenters. The Morgan fingerprint density at radius 3 is 2.58 bits per heavy atom. The summed E-state index contributed by atoms with van der Waals surface area (Å²) in [5.41, 5.74) is 7.34. The van der Waals surface area contributed by atoms with E-state index in [1.54, 1.807) is 34.6 Å². The molecule has 2 amide bonds. The van der Waals surface area contributed by atoms with Crippen LogP contribution in [0, 0.1) is 5.82 Å². The minimum atomic E-state index is -0.632. The fourth-order valence-corrected chi connectivity index (χ4v) is 4.02. The Kier molecular flexibility index (Phi) is 5.50. The summed E-state index contributed by atoms with van der Waals surface area (Å²) in [5, 5.41) is 10.3. The van der Waals surface area contributed by atoms with Crippen molar-refractivity contribution in [2.24, 2.45) is 7.05 Å². The van der Waals surface area contributed by atoms with E-state index < -0.39 is 11.8 Å². The molecule has 10 nitrogen and oxygen atoms in total. The number of carbonyl (C=O) groups excluding carboxylic acids is 1. The molecule has 3 aromatic heterocycles. The summed E-state index contributed by atoms with van der Waals surface area (Å²) in [6.45, 7) is 6.06. The van der Waals surface area contributed by atoms with Crippen molar-refractivity contribution in [1.82, 2.24) is 24.3 Å².